The zero-order valence-corrected chi connectivity index (χ0v) is 12.7. The Morgan fingerprint density at radius 3 is 2.44 bits per heavy atom. The van der Waals surface area contributed by atoms with Gasteiger partial charge in [-0.2, -0.15) is 0 Å². The van der Waals surface area contributed by atoms with Crippen LogP contribution in [0.2, 0.25) is 0 Å². The van der Waals surface area contributed by atoms with Gasteiger partial charge in [0, 0.05) is 31.7 Å². The maximum atomic E-state index is 6.37. The van der Waals surface area contributed by atoms with Crippen LogP contribution in [0.1, 0.15) is 51.9 Å². The van der Waals surface area contributed by atoms with Crippen molar-refractivity contribution in [1.82, 2.24) is 9.80 Å². The fourth-order valence-electron chi connectivity index (χ4n) is 2.86. The van der Waals surface area contributed by atoms with E-state index in [-0.39, 0.29) is 0 Å². The van der Waals surface area contributed by atoms with Crippen LogP contribution in [0.3, 0.4) is 0 Å². The van der Waals surface area contributed by atoms with E-state index in [1.165, 1.54) is 51.5 Å². The predicted octanol–water partition coefficient (Wildman–Crippen LogP) is 2.31. The van der Waals surface area contributed by atoms with Gasteiger partial charge in [-0.25, -0.2) is 0 Å². The van der Waals surface area contributed by atoms with E-state index < -0.39 is 0 Å². The Balaban J connectivity index is 2.13. The molecule has 1 aliphatic heterocycles. The summed E-state index contributed by atoms with van der Waals surface area (Å²) in [5.41, 5.74) is 6.37. The maximum absolute atomic E-state index is 6.37. The summed E-state index contributed by atoms with van der Waals surface area (Å²) in [7, 11) is 4.43. The second kappa shape index (κ2) is 8.89. The van der Waals surface area contributed by atoms with Crippen molar-refractivity contribution in [3.63, 3.8) is 0 Å². The first kappa shape index (κ1) is 15.9. The number of unbranched alkanes of at least 4 members (excludes halogenated alkanes) is 5. The van der Waals surface area contributed by atoms with E-state index in [0.717, 1.165) is 13.1 Å². The van der Waals surface area contributed by atoms with Gasteiger partial charge in [-0.1, -0.05) is 45.4 Å². The SMILES string of the molecule is CCCCCCCCC(N)C1CN(C)CCN1C. The third-order valence-corrected chi connectivity index (χ3v) is 4.28. The molecule has 2 atom stereocenters. The first-order valence-electron chi connectivity index (χ1n) is 7.79. The van der Waals surface area contributed by atoms with E-state index in [4.69, 9.17) is 5.73 Å². The van der Waals surface area contributed by atoms with Crippen molar-refractivity contribution in [1.29, 1.82) is 0 Å². The normalized spacial score (nSPS) is 24.3. The van der Waals surface area contributed by atoms with Crippen molar-refractivity contribution < 1.29 is 0 Å². The third-order valence-electron chi connectivity index (χ3n) is 4.28. The van der Waals surface area contributed by atoms with E-state index in [1.807, 2.05) is 0 Å². The van der Waals surface area contributed by atoms with Crippen LogP contribution in [0.25, 0.3) is 0 Å². The highest BCUT2D eigenvalue weighted by Gasteiger charge is 2.26. The van der Waals surface area contributed by atoms with Gasteiger partial charge in [0.15, 0.2) is 0 Å². The highest BCUT2D eigenvalue weighted by atomic mass is 15.3. The molecule has 0 spiro atoms. The summed E-state index contributed by atoms with van der Waals surface area (Å²) in [5, 5.41) is 0. The molecule has 0 saturated carbocycles. The molecule has 1 heterocycles. The molecule has 2 N–H and O–H groups in total. The van der Waals surface area contributed by atoms with Gasteiger partial charge < -0.3 is 10.6 Å². The molecular formula is C15H33N3. The molecule has 0 aromatic carbocycles. The Bertz CT molecular complexity index is 208. The Labute approximate surface area is 114 Å². The molecule has 0 bridgehead atoms. The van der Waals surface area contributed by atoms with Crippen LogP contribution >= 0.6 is 0 Å². The minimum absolute atomic E-state index is 0.351. The van der Waals surface area contributed by atoms with E-state index >= 15 is 0 Å². The summed E-state index contributed by atoms with van der Waals surface area (Å²) in [6, 6.07) is 0.906. The predicted molar refractivity (Wildman–Crippen MR) is 79.9 cm³/mol. The van der Waals surface area contributed by atoms with Gasteiger partial charge in [0.1, 0.15) is 0 Å². The molecule has 108 valence electrons. The van der Waals surface area contributed by atoms with Crippen LogP contribution in [0, 0.1) is 0 Å². The number of piperazine rings is 1. The molecular weight excluding hydrogens is 222 g/mol. The summed E-state index contributed by atoms with van der Waals surface area (Å²) in [6.07, 6.45) is 9.37. The van der Waals surface area contributed by atoms with E-state index in [1.54, 1.807) is 0 Å². The topological polar surface area (TPSA) is 32.5 Å². The number of likely N-dealkylation sites (N-methyl/N-ethyl adjacent to an activating group) is 2. The van der Waals surface area contributed by atoms with Crippen LogP contribution < -0.4 is 5.73 Å². The van der Waals surface area contributed by atoms with Crippen LogP contribution in [0.4, 0.5) is 0 Å². The average Bonchev–Trinajstić information content (AvgIpc) is 2.36. The van der Waals surface area contributed by atoms with Gasteiger partial charge in [-0.15, -0.1) is 0 Å². The lowest BCUT2D eigenvalue weighted by atomic mass is 9.98. The Kier molecular flexibility index (Phi) is 7.87. The van der Waals surface area contributed by atoms with Crippen molar-refractivity contribution in [3.8, 4) is 0 Å². The molecule has 0 aromatic heterocycles. The summed E-state index contributed by atoms with van der Waals surface area (Å²) >= 11 is 0. The summed E-state index contributed by atoms with van der Waals surface area (Å²) in [5.74, 6) is 0. The summed E-state index contributed by atoms with van der Waals surface area (Å²) in [6.45, 7) is 5.74. The third kappa shape index (κ3) is 5.68. The number of nitrogens with two attached hydrogens (primary N) is 1. The number of hydrogen-bond acceptors (Lipinski definition) is 3. The van der Waals surface area contributed by atoms with Gasteiger partial charge >= 0.3 is 0 Å². The van der Waals surface area contributed by atoms with E-state index in [9.17, 15) is 0 Å². The smallest absolute Gasteiger partial charge is 0.0371 e. The van der Waals surface area contributed by atoms with Gasteiger partial charge in [0.25, 0.3) is 0 Å². The molecule has 2 unspecified atom stereocenters. The standard InChI is InChI=1S/C15H33N3/c1-4-5-6-7-8-9-10-14(16)15-13-17(2)11-12-18(15)3/h14-15H,4-13,16H2,1-3H3. The van der Waals surface area contributed by atoms with E-state index in [0.29, 0.717) is 12.1 Å². The molecule has 3 heteroatoms. The Hall–Kier alpha value is -0.120. The number of hydrogen-bond donors (Lipinski definition) is 1. The van der Waals surface area contributed by atoms with Gasteiger partial charge in [0.05, 0.1) is 0 Å². The van der Waals surface area contributed by atoms with Crippen molar-refractivity contribution >= 4 is 0 Å². The first-order chi connectivity index (χ1) is 8.65. The molecule has 0 amide bonds. The molecule has 0 radical (unpaired) electrons. The lowest BCUT2D eigenvalue weighted by Crippen LogP contribution is -2.57. The van der Waals surface area contributed by atoms with Crippen LogP contribution in [0.15, 0.2) is 0 Å². The van der Waals surface area contributed by atoms with Gasteiger partial charge in [-0.3, -0.25) is 4.90 Å². The van der Waals surface area contributed by atoms with Crippen molar-refractivity contribution in [2.24, 2.45) is 5.73 Å². The van der Waals surface area contributed by atoms with E-state index in [2.05, 4.69) is 30.8 Å². The lowest BCUT2D eigenvalue weighted by Gasteiger charge is -2.40. The minimum atomic E-state index is 0.351. The fourth-order valence-corrected chi connectivity index (χ4v) is 2.86. The van der Waals surface area contributed by atoms with Crippen molar-refractivity contribution in [3.05, 3.63) is 0 Å². The van der Waals surface area contributed by atoms with Crippen LogP contribution in [-0.4, -0.2) is 55.6 Å². The molecule has 3 nitrogen and oxygen atoms in total. The first-order valence-corrected chi connectivity index (χ1v) is 7.79. The average molecular weight is 255 g/mol. The molecule has 1 saturated heterocycles. The second-order valence-corrected chi connectivity index (χ2v) is 6.03. The summed E-state index contributed by atoms with van der Waals surface area (Å²) in [4.78, 5) is 4.85. The monoisotopic (exact) mass is 255 g/mol. The number of rotatable bonds is 8. The molecule has 18 heavy (non-hydrogen) atoms. The maximum Gasteiger partial charge on any atom is 0.0371 e. The summed E-state index contributed by atoms with van der Waals surface area (Å²) < 4.78 is 0. The largest absolute Gasteiger partial charge is 0.326 e. The Morgan fingerprint density at radius 2 is 1.72 bits per heavy atom. The zero-order chi connectivity index (χ0) is 13.4. The second-order valence-electron chi connectivity index (χ2n) is 6.03. The number of nitrogens with zero attached hydrogens (tertiary/aromatic N) is 2. The van der Waals surface area contributed by atoms with Gasteiger partial charge in [0.2, 0.25) is 0 Å². The quantitative estimate of drug-likeness (QED) is 0.676. The minimum Gasteiger partial charge on any atom is -0.326 e. The fraction of sp³-hybridized carbons (Fsp3) is 1.00. The molecule has 1 aliphatic rings. The Morgan fingerprint density at radius 1 is 1.06 bits per heavy atom. The highest BCUT2D eigenvalue weighted by molar-refractivity contribution is 4.86. The lowest BCUT2D eigenvalue weighted by molar-refractivity contribution is 0.0946. The van der Waals surface area contributed by atoms with Crippen LogP contribution in [0.5, 0.6) is 0 Å². The highest BCUT2D eigenvalue weighted by Crippen LogP contribution is 2.14. The van der Waals surface area contributed by atoms with Crippen LogP contribution in [-0.2, 0) is 0 Å². The zero-order valence-electron chi connectivity index (χ0n) is 12.7. The van der Waals surface area contributed by atoms with Gasteiger partial charge in [-0.05, 0) is 20.5 Å². The molecule has 0 aromatic rings. The van der Waals surface area contributed by atoms with Crippen molar-refractivity contribution in [2.75, 3.05) is 33.7 Å². The van der Waals surface area contributed by atoms with Crippen molar-refractivity contribution in [2.45, 2.75) is 64.0 Å². The molecule has 1 rings (SSSR count). The molecule has 1 fully saturated rings. The molecule has 0 aliphatic carbocycles.